The van der Waals surface area contributed by atoms with E-state index >= 15 is 0 Å². The van der Waals surface area contributed by atoms with Gasteiger partial charge in [0.2, 0.25) is 5.91 Å². The van der Waals surface area contributed by atoms with Crippen molar-refractivity contribution in [1.29, 1.82) is 0 Å². The van der Waals surface area contributed by atoms with Gasteiger partial charge in [0.25, 0.3) is 0 Å². The van der Waals surface area contributed by atoms with Crippen LogP contribution in [0.4, 0.5) is 4.79 Å². The minimum Gasteiger partial charge on any atom is -0.343 e. The monoisotopic (exact) mass is 348 g/mol. The minimum atomic E-state index is -0.375. The summed E-state index contributed by atoms with van der Waals surface area (Å²) >= 11 is 5.78. The van der Waals surface area contributed by atoms with Crippen molar-refractivity contribution >= 4 is 35.9 Å². The van der Waals surface area contributed by atoms with Crippen molar-refractivity contribution in [3.63, 3.8) is 0 Å². The average Bonchev–Trinajstić information content (AvgIpc) is 2.49. The van der Waals surface area contributed by atoms with Gasteiger partial charge < -0.3 is 20.9 Å². The van der Waals surface area contributed by atoms with Crippen molar-refractivity contribution in [2.75, 3.05) is 33.7 Å². The van der Waals surface area contributed by atoms with Gasteiger partial charge in [0.15, 0.2) is 0 Å². The summed E-state index contributed by atoms with van der Waals surface area (Å²) in [5.41, 5.74) is 0.937. The van der Waals surface area contributed by atoms with E-state index in [0.717, 1.165) is 5.56 Å². The smallest absolute Gasteiger partial charge is 0.315 e. The summed E-state index contributed by atoms with van der Waals surface area (Å²) in [6.07, 6.45) is 0. The lowest BCUT2D eigenvalue weighted by molar-refractivity contribution is -0.128. The number of carbonyl (C=O) groups excluding carboxylic acids is 2. The second kappa shape index (κ2) is 11.1. The Morgan fingerprint density at radius 2 is 1.82 bits per heavy atom. The zero-order valence-electron chi connectivity index (χ0n) is 12.7. The number of nitrogens with zero attached hydrogens (tertiary/aromatic N) is 1. The van der Waals surface area contributed by atoms with Crippen molar-refractivity contribution in [3.8, 4) is 0 Å². The van der Waals surface area contributed by atoms with Crippen LogP contribution in [0.25, 0.3) is 0 Å². The second-order valence-corrected chi connectivity index (χ2v) is 5.02. The van der Waals surface area contributed by atoms with Crippen LogP contribution < -0.4 is 16.0 Å². The molecule has 0 atom stereocenters. The van der Waals surface area contributed by atoms with Crippen LogP contribution in [0.2, 0.25) is 5.02 Å². The summed E-state index contributed by atoms with van der Waals surface area (Å²) in [6.45, 7) is 1.67. The first kappa shape index (κ1) is 20.5. The molecule has 0 saturated heterocycles. The fourth-order valence-corrected chi connectivity index (χ4v) is 1.67. The number of nitrogens with one attached hydrogen (secondary N) is 3. The third kappa shape index (κ3) is 8.07. The number of hydrogen-bond donors (Lipinski definition) is 3. The largest absolute Gasteiger partial charge is 0.343 e. The number of likely N-dealkylation sites (N-methyl/N-ethyl adjacent to an activating group) is 2. The van der Waals surface area contributed by atoms with E-state index in [1.54, 1.807) is 24.1 Å². The predicted molar refractivity (Wildman–Crippen MR) is 90.5 cm³/mol. The third-order valence-corrected chi connectivity index (χ3v) is 3.14. The Balaban J connectivity index is 0.00000441. The molecule has 0 spiro atoms. The highest BCUT2D eigenvalue weighted by atomic mass is 35.5. The molecular weight excluding hydrogens is 327 g/mol. The number of urea groups is 1. The summed E-state index contributed by atoms with van der Waals surface area (Å²) in [5, 5.41) is 8.82. The van der Waals surface area contributed by atoms with Crippen molar-refractivity contribution < 1.29 is 9.59 Å². The van der Waals surface area contributed by atoms with E-state index in [1.165, 1.54) is 0 Å². The number of benzene rings is 1. The fourth-order valence-electron chi connectivity index (χ4n) is 1.54. The minimum absolute atomic E-state index is 0. The molecular formula is C14H22Cl2N4O2. The van der Waals surface area contributed by atoms with Gasteiger partial charge >= 0.3 is 6.03 Å². The standard InChI is InChI=1S/C14H21ClN4O2.ClH/c1-16-7-8-19(2)13(20)10-18-14(21)17-9-11-3-5-12(15)6-4-11;/h3-6,16H,7-10H2,1-2H3,(H2,17,18,21);1H. The second-order valence-electron chi connectivity index (χ2n) is 4.58. The van der Waals surface area contributed by atoms with Crippen LogP contribution in [0.15, 0.2) is 24.3 Å². The van der Waals surface area contributed by atoms with Gasteiger partial charge in [0, 0.05) is 31.7 Å². The number of rotatable bonds is 7. The summed E-state index contributed by atoms with van der Waals surface area (Å²) in [5.74, 6) is -0.133. The molecule has 1 aromatic rings. The maximum atomic E-state index is 11.7. The molecule has 0 fully saturated rings. The maximum Gasteiger partial charge on any atom is 0.315 e. The Bertz CT molecular complexity index is 468. The van der Waals surface area contributed by atoms with E-state index in [0.29, 0.717) is 24.7 Å². The quantitative estimate of drug-likeness (QED) is 0.694. The molecule has 1 aromatic carbocycles. The molecule has 0 aromatic heterocycles. The first-order chi connectivity index (χ1) is 10.0. The summed E-state index contributed by atoms with van der Waals surface area (Å²) in [7, 11) is 3.52. The summed E-state index contributed by atoms with van der Waals surface area (Å²) in [4.78, 5) is 24.9. The molecule has 3 amide bonds. The first-order valence-corrected chi connectivity index (χ1v) is 7.05. The van der Waals surface area contributed by atoms with Gasteiger partial charge in [-0.15, -0.1) is 12.4 Å². The predicted octanol–water partition coefficient (Wildman–Crippen LogP) is 1.24. The lowest BCUT2D eigenvalue weighted by Crippen LogP contribution is -2.43. The number of hydrogen-bond acceptors (Lipinski definition) is 3. The molecule has 22 heavy (non-hydrogen) atoms. The lowest BCUT2D eigenvalue weighted by atomic mass is 10.2. The van der Waals surface area contributed by atoms with Gasteiger partial charge in [-0.3, -0.25) is 4.79 Å². The molecule has 0 aliphatic heterocycles. The molecule has 8 heteroatoms. The van der Waals surface area contributed by atoms with Crippen LogP contribution in [-0.2, 0) is 11.3 Å². The SMILES string of the molecule is CNCCN(C)C(=O)CNC(=O)NCc1ccc(Cl)cc1.Cl. The highest BCUT2D eigenvalue weighted by molar-refractivity contribution is 6.30. The zero-order chi connectivity index (χ0) is 15.7. The molecule has 6 nitrogen and oxygen atoms in total. The molecule has 0 unspecified atom stereocenters. The summed E-state index contributed by atoms with van der Waals surface area (Å²) in [6, 6.07) is 6.81. The van der Waals surface area contributed by atoms with E-state index in [1.807, 2.05) is 19.2 Å². The van der Waals surface area contributed by atoms with Crippen LogP contribution in [-0.4, -0.2) is 50.6 Å². The van der Waals surface area contributed by atoms with Crippen LogP contribution in [0.5, 0.6) is 0 Å². The highest BCUT2D eigenvalue weighted by Gasteiger charge is 2.09. The Morgan fingerprint density at radius 1 is 1.18 bits per heavy atom. The van der Waals surface area contributed by atoms with Gasteiger partial charge in [0.05, 0.1) is 6.54 Å². The normalized spacial score (nSPS) is 9.59. The van der Waals surface area contributed by atoms with Gasteiger partial charge in [0.1, 0.15) is 0 Å². The first-order valence-electron chi connectivity index (χ1n) is 6.67. The van der Waals surface area contributed by atoms with Crippen LogP contribution >= 0.6 is 24.0 Å². The van der Waals surface area contributed by atoms with Crippen molar-refractivity contribution in [2.24, 2.45) is 0 Å². The van der Waals surface area contributed by atoms with E-state index < -0.39 is 0 Å². The zero-order valence-corrected chi connectivity index (χ0v) is 14.3. The van der Waals surface area contributed by atoms with E-state index in [4.69, 9.17) is 11.6 Å². The fraction of sp³-hybridized carbons (Fsp3) is 0.429. The van der Waals surface area contributed by atoms with Crippen LogP contribution in [0, 0.1) is 0 Å². The van der Waals surface area contributed by atoms with Gasteiger partial charge in [-0.25, -0.2) is 4.79 Å². The summed E-state index contributed by atoms with van der Waals surface area (Å²) < 4.78 is 0. The molecule has 3 N–H and O–H groups in total. The average molecular weight is 349 g/mol. The number of halogens is 2. The van der Waals surface area contributed by atoms with E-state index in [-0.39, 0.29) is 30.9 Å². The highest BCUT2D eigenvalue weighted by Crippen LogP contribution is 2.08. The van der Waals surface area contributed by atoms with Gasteiger partial charge in [-0.1, -0.05) is 23.7 Å². The number of amides is 3. The van der Waals surface area contributed by atoms with Crippen LogP contribution in [0.3, 0.4) is 0 Å². The Hall–Kier alpha value is -1.50. The van der Waals surface area contributed by atoms with Crippen molar-refractivity contribution in [3.05, 3.63) is 34.9 Å². The van der Waals surface area contributed by atoms with Gasteiger partial charge in [-0.2, -0.15) is 0 Å². The van der Waals surface area contributed by atoms with Crippen LogP contribution in [0.1, 0.15) is 5.56 Å². The molecule has 0 aliphatic carbocycles. The molecule has 0 radical (unpaired) electrons. The Morgan fingerprint density at radius 3 is 2.41 bits per heavy atom. The van der Waals surface area contributed by atoms with Crippen molar-refractivity contribution in [1.82, 2.24) is 20.9 Å². The Labute approximate surface area is 142 Å². The molecule has 1 rings (SSSR count). The van der Waals surface area contributed by atoms with E-state index in [2.05, 4.69) is 16.0 Å². The van der Waals surface area contributed by atoms with Gasteiger partial charge in [-0.05, 0) is 24.7 Å². The Kier molecular flexibility index (Phi) is 10.4. The third-order valence-electron chi connectivity index (χ3n) is 2.89. The molecule has 0 heterocycles. The maximum absolute atomic E-state index is 11.7. The topological polar surface area (TPSA) is 73.5 Å². The van der Waals surface area contributed by atoms with Crippen molar-refractivity contribution in [2.45, 2.75) is 6.54 Å². The molecule has 0 aliphatic rings. The lowest BCUT2D eigenvalue weighted by Gasteiger charge is -2.17. The van der Waals surface area contributed by atoms with E-state index in [9.17, 15) is 9.59 Å². The molecule has 0 bridgehead atoms. The molecule has 124 valence electrons. The number of carbonyl (C=O) groups is 2. The molecule has 0 saturated carbocycles.